The van der Waals surface area contributed by atoms with Crippen LogP contribution in [0.5, 0.6) is 0 Å². The average Bonchev–Trinajstić information content (AvgIpc) is 2.15. The molecule has 0 N–H and O–H groups in total. The van der Waals surface area contributed by atoms with Gasteiger partial charge in [0.15, 0.2) is 15.6 Å². The van der Waals surface area contributed by atoms with Gasteiger partial charge in [-0.25, -0.2) is 8.42 Å². The van der Waals surface area contributed by atoms with Crippen molar-refractivity contribution in [2.24, 2.45) is 0 Å². The molecule has 17 heavy (non-hydrogen) atoms. The molecule has 1 aromatic carbocycles. The van der Waals surface area contributed by atoms with Crippen LogP contribution in [0.25, 0.3) is 0 Å². The Kier molecular flexibility index (Phi) is 4.70. The normalized spacial score (nSPS) is 11.5. The van der Waals surface area contributed by atoms with Crippen LogP contribution in [-0.2, 0) is 19.4 Å². The number of esters is 1. The molecule has 6 heteroatoms. The van der Waals surface area contributed by atoms with E-state index in [1.807, 2.05) is 0 Å². The number of carbonyl (C=O) groups excluding carboxylic acids is 1. The number of halogens is 1. The molecule has 1 rings (SSSR count). The van der Waals surface area contributed by atoms with Crippen LogP contribution in [0.2, 0.25) is 0 Å². The second-order valence-electron chi connectivity index (χ2n) is 3.75. The monoisotopic (exact) mass is 320 g/mol. The maximum absolute atomic E-state index is 11.8. The van der Waals surface area contributed by atoms with Crippen LogP contribution >= 0.6 is 15.9 Å². The molecule has 4 nitrogen and oxygen atoms in total. The van der Waals surface area contributed by atoms with Gasteiger partial charge in [-0.05, 0) is 38.1 Å². The third kappa shape index (κ3) is 4.47. The number of benzene rings is 1. The first-order chi connectivity index (χ1) is 7.81. The van der Waals surface area contributed by atoms with Crippen molar-refractivity contribution in [3.63, 3.8) is 0 Å². The Morgan fingerprint density at radius 1 is 1.29 bits per heavy atom. The van der Waals surface area contributed by atoms with E-state index in [1.54, 1.807) is 26.0 Å². The first kappa shape index (κ1) is 14.2. The molecule has 0 fully saturated rings. The van der Waals surface area contributed by atoms with E-state index in [9.17, 15) is 13.2 Å². The Hall–Kier alpha value is -0.880. The highest BCUT2D eigenvalue weighted by Crippen LogP contribution is 2.16. The van der Waals surface area contributed by atoms with E-state index in [-0.39, 0.29) is 11.0 Å². The summed E-state index contributed by atoms with van der Waals surface area (Å²) in [5.41, 5.74) is 0. The molecule has 0 heterocycles. The first-order valence-corrected chi connectivity index (χ1v) is 7.43. The highest BCUT2D eigenvalue weighted by atomic mass is 79.9. The van der Waals surface area contributed by atoms with E-state index < -0.39 is 21.6 Å². The fraction of sp³-hybridized carbons (Fsp3) is 0.364. The van der Waals surface area contributed by atoms with Crippen molar-refractivity contribution in [3.05, 3.63) is 28.7 Å². The quantitative estimate of drug-likeness (QED) is 0.798. The molecule has 0 amide bonds. The zero-order valence-electron chi connectivity index (χ0n) is 9.51. The maximum atomic E-state index is 11.8. The Balaban J connectivity index is 2.82. The first-order valence-electron chi connectivity index (χ1n) is 4.99. The van der Waals surface area contributed by atoms with Crippen molar-refractivity contribution in [1.29, 1.82) is 0 Å². The van der Waals surface area contributed by atoms with E-state index in [0.717, 1.165) is 4.47 Å². The molecule has 0 spiro atoms. The van der Waals surface area contributed by atoms with E-state index in [0.29, 0.717) is 0 Å². The van der Waals surface area contributed by atoms with Gasteiger partial charge in [0.25, 0.3) is 0 Å². The summed E-state index contributed by atoms with van der Waals surface area (Å²) in [4.78, 5) is 11.4. The van der Waals surface area contributed by atoms with Gasteiger partial charge in [0, 0.05) is 4.47 Å². The summed E-state index contributed by atoms with van der Waals surface area (Å²) in [6, 6.07) is 6.12. The highest BCUT2D eigenvalue weighted by molar-refractivity contribution is 9.10. The number of sulfone groups is 1. The summed E-state index contributed by atoms with van der Waals surface area (Å²) in [5, 5.41) is 0. The summed E-state index contributed by atoms with van der Waals surface area (Å²) in [6.07, 6.45) is -0.317. The molecule has 0 bridgehead atoms. The summed E-state index contributed by atoms with van der Waals surface area (Å²) in [5.74, 6) is -1.37. The molecule has 0 atom stereocenters. The molecule has 0 saturated carbocycles. The molecule has 0 saturated heterocycles. The molecule has 0 aromatic heterocycles. The summed E-state index contributed by atoms with van der Waals surface area (Å²) in [6.45, 7) is 3.34. The molecule has 0 aliphatic heterocycles. The largest absolute Gasteiger partial charge is 0.462 e. The molecule has 0 unspecified atom stereocenters. The zero-order valence-corrected chi connectivity index (χ0v) is 11.9. The van der Waals surface area contributed by atoms with E-state index in [4.69, 9.17) is 4.74 Å². The van der Waals surface area contributed by atoms with Crippen LogP contribution < -0.4 is 0 Å². The molecule has 0 aliphatic carbocycles. The van der Waals surface area contributed by atoms with Crippen LogP contribution in [-0.4, -0.2) is 26.2 Å². The fourth-order valence-corrected chi connectivity index (χ4v) is 2.54. The lowest BCUT2D eigenvalue weighted by atomic mass is 10.4. The molecule has 0 aliphatic rings. The van der Waals surface area contributed by atoms with Crippen LogP contribution in [0, 0.1) is 0 Å². The lowest BCUT2D eigenvalue weighted by molar-refractivity contribution is -0.144. The van der Waals surface area contributed by atoms with Gasteiger partial charge in [0.05, 0.1) is 11.0 Å². The Bertz CT molecular complexity index is 491. The maximum Gasteiger partial charge on any atom is 0.321 e. The SMILES string of the molecule is CC(C)OC(=O)CS(=O)(=O)c1ccc(Br)cc1. The molecule has 94 valence electrons. The van der Waals surface area contributed by atoms with Crippen molar-refractivity contribution in [2.75, 3.05) is 5.75 Å². The minimum Gasteiger partial charge on any atom is -0.462 e. The summed E-state index contributed by atoms with van der Waals surface area (Å²) >= 11 is 3.21. The van der Waals surface area contributed by atoms with Crippen LogP contribution in [0.1, 0.15) is 13.8 Å². The number of hydrogen-bond acceptors (Lipinski definition) is 4. The molecule has 0 radical (unpaired) electrons. The van der Waals surface area contributed by atoms with Gasteiger partial charge in [0.1, 0.15) is 0 Å². The Morgan fingerprint density at radius 3 is 2.29 bits per heavy atom. The highest BCUT2D eigenvalue weighted by Gasteiger charge is 2.20. The van der Waals surface area contributed by atoms with Gasteiger partial charge >= 0.3 is 5.97 Å². The number of rotatable bonds is 4. The predicted molar refractivity (Wildman–Crippen MR) is 67.4 cm³/mol. The van der Waals surface area contributed by atoms with Crippen molar-refractivity contribution in [3.8, 4) is 0 Å². The lowest BCUT2D eigenvalue weighted by Crippen LogP contribution is -2.21. The van der Waals surface area contributed by atoms with Crippen molar-refractivity contribution in [1.82, 2.24) is 0 Å². The standard InChI is InChI=1S/C11H13BrO4S/c1-8(2)16-11(13)7-17(14,15)10-5-3-9(12)4-6-10/h3-6,8H,7H2,1-2H3. The molecular formula is C11H13BrO4S. The van der Waals surface area contributed by atoms with E-state index in [2.05, 4.69) is 15.9 Å². The van der Waals surface area contributed by atoms with Crippen LogP contribution in [0.15, 0.2) is 33.6 Å². The van der Waals surface area contributed by atoms with Gasteiger partial charge in [0.2, 0.25) is 0 Å². The van der Waals surface area contributed by atoms with E-state index >= 15 is 0 Å². The number of carbonyl (C=O) groups is 1. The van der Waals surface area contributed by atoms with Crippen LogP contribution in [0.3, 0.4) is 0 Å². The Morgan fingerprint density at radius 2 is 1.82 bits per heavy atom. The van der Waals surface area contributed by atoms with Gasteiger partial charge in [-0.3, -0.25) is 4.79 Å². The van der Waals surface area contributed by atoms with Crippen molar-refractivity contribution < 1.29 is 17.9 Å². The third-order valence-corrected chi connectivity index (χ3v) is 3.98. The Labute approximate surface area is 109 Å². The minimum atomic E-state index is -3.62. The second-order valence-corrected chi connectivity index (χ2v) is 6.66. The third-order valence-electron chi connectivity index (χ3n) is 1.85. The van der Waals surface area contributed by atoms with E-state index in [1.165, 1.54) is 12.1 Å². The minimum absolute atomic E-state index is 0.112. The smallest absolute Gasteiger partial charge is 0.321 e. The van der Waals surface area contributed by atoms with Crippen molar-refractivity contribution in [2.45, 2.75) is 24.8 Å². The molecular weight excluding hydrogens is 308 g/mol. The fourth-order valence-electron chi connectivity index (χ4n) is 1.18. The molecule has 1 aromatic rings. The zero-order chi connectivity index (χ0) is 13.1. The van der Waals surface area contributed by atoms with Gasteiger partial charge in [-0.15, -0.1) is 0 Å². The average molecular weight is 321 g/mol. The van der Waals surface area contributed by atoms with Gasteiger partial charge in [-0.1, -0.05) is 15.9 Å². The topological polar surface area (TPSA) is 60.4 Å². The van der Waals surface area contributed by atoms with Gasteiger partial charge < -0.3 is 4.74 Å². The summed E-state index contributed by atoms with van der Waals surface area (Å²) < 4.78 is 29.2. The van der Waals surface area contributed by atoms with Crippen LogP contribution in [0.4, 0.5) is 0 Å². The second kappa shape index (κ2) is 5.64. The lowest BCUT2D eigenvalue weighted by Gasteiger charge is -2.08. The van der Waals surface area contributed by atoms with Gasteiger partial charge in [-0.2, -0.15) is 0 Å². The predicted octanol–water partition coefficient (Wildman–Crippen LogP) is 2.17. The number of hydrogen-bond donors (Lipinski definition) is 0. The van der Waals surface area contributed by atoms with Crippen molar-refractivity contribution >= 4 is 31.7 Å². The number of ether oxygens (including phenoxy) is 1. The summed E-state index contributed by atoms with van der Waals surface area (Å²) in [7, 11) is -3.62.